The van der Waals surface area contributed by atoms with Gasteiger partial charge in [0.2, 0.25) is 0 Å². The summed E-state index contributed by atoms with van der Waals surface area (Å²) in [4.78, 5) is 0. The first-order chi connectivity index (χ1) is 16.4. The van der Waals surface area contributed by atoms with E-state index in [1.807, 2.05) is 34.9 Å². The van der Waals surface area contributed by atoms with Gasteiger partial charge in [0.1, 0.15) is 30.5 Å². The normalized spacial score (nSPS) is 11.9. The summed E-state index contributed by atoms with van der Waals surface area (Å²) in [6.45, 7) is 11.3. The molecule has 1 atom stereocenters. The third-order valence-corrected chi connectivity index (χ3v) is 6.35. The van der Waals surface area contributed by atoms with Gasteiger partial charge in [-0.1, -0.05) is 37.8 Å². The maximum Gasteiger partial charge on any atom is 0.191 e. The third-order valence-electron chi connectivity index (χ3n) is 5.24. The molecule has 2 aromatic carbocycles. The number of rotatable bonds is 13. The molecule has 3 aromatic rings. The Kier molecular flexibility index (Phi) is 9.42. The van der Waals surface area contributed by atoms with Gasteiger partial charge in [0, 0.05) is 12.3 Å². The fourth-order valence-corrected chi connectivity index (χ4v) is 4.33. The highest BCUT2D eigenvalue weighted by molar-refractivity contribution is 7.99. The number of ether oxygens (including phenoxy) is 3. The number of nitrogens with zero attached hydrogens (tertiary/aromatic N) is 3. The quantitative estimate of drug-likeness (QED) is 0.270. The number of benzene rings is 2. The molecule has 0 saturated heterocycles. The van der Waals surface area contributed by atoms with Crippen LogP contribution < -0.4 is 14.2 Å². The summed E-state index contributed by atoms with van der Waals surface area (Å²) in [5.41, 5.74) is 2.53. The van der Waals surface area contributed by atoms with Crippen LogP contribution >= 0.6 is 11.8 Å². The Morgan fingerprint density at radius 3 is 2.41 bits per heavy atom. The molecule has 1 heterocycles. The number of hydrogen-bond acceptors (Lipinski definition) is 7. The Bertz CT molecular complexity index is 1070. The summed E-state index contributed by atoms with van der Waals surface area (Å²) < 4.78 is 18.7. The number of aliphatic hydroxyl groups excluding tert-OH is 1. The van der Waals surface area contributed by atoms with E-state index in [0.717, 1.165) is 11.5 Å². The largest absolute Gasteiger partial charge is 0.497 e. The summed E-state index contributed by atoms with van der Waals surface area (Å²) in [6, 6.07) is 13.4. The standard InChI is InChI=1S/C26H33N3O4S/c1-6-13-29-25(16-33-23-11-12-24(18(2)3)19(4)14-23)27-28-26(29)34-17-20(30)15-32-22-9-7-21(31-5)8-10-22/h6-12,14,18,20,30H,1,13,15-17H2,2-5H3. The molecule has 0 spiro atoms. The Hall–Kier alpha value is -2.97. The van der Waals surface area contributed by atoms with Gasteiger partial charge < -0.3 is 19.3 Å². The van der Waals surface area contributed by atoms with E-state index in [9.17, 15) is 5.11 Å². The van der Waals surface area contributed by atoms with Crippen LogP contribution in [0.5, 0.6) is 17.2 Å². The lowest BCUT2D eigenvalue weighted by atomic mass is 9.98. The summed E-state index contributed by atoms with van der Waals surface area (Å²) >= 11 is 1.42. The third kappa shape index (κ3) is 7.01. The van der Waals surface area contributed by atoms with E-state index in [0.29, 0.717) is 41.6 Å². The van der Waals surface area contributed by atoms with Crippen LogP contribution in [0.1, 0.15) is 36.7 Å². The molecule has 1 aromatic heterocycles. The highest BCUT2D eigenvalue weighted by Gasteiger charge is 2.15. The Morgan fingerprint density at radius 1 is 1.06 bits per heavy atom. The van der Waals surface area contributed by atoms with Crippen molar-refractivity contribution in [2.75, 3.05) is 19.5 Å². The van der Waals surface area contributed by atoms with Gasteiger partial charge in [-0.25, -0.2) is 0 Å². The number of hydrogen-bond donors (Lipinski definition) is 1. The topological polar surface area (TPSA) is 78.6 Å². The maximum atomic E-state index is 10.4. The first kappa shape index (κ1) is 25.6. The lowest BCUT2D eigenvalue weighted by Gasteiger charge is -2.14. The minimum absolute atomic E-state index is 0.177. The average Bonchev–Trinajstić information content (AvgIpc) is 3.21. The highest BCUT2D eigenvalue weighted by atomic mass is 32.2. The molecule has 34 heavy (non-hydrogen) atoms. The summed E-state index contributed by atoms with van der Waals surface area (Å²) in [5.74, 6) is 3.83. The van der Waals surface area contributed by atoms with Gasteiger partial charge >= 0.3 is 0 Å². The Morgan fingerprint density at radius 2 is 1.76 bits per heavy atom. The molecule has 3 rings (SSSR count). The molecule has 0 aliphatic rings. The van der Waals surface area contributed by atoms with Crippen LogP contribution in [0.3, 0.4) is 0 Å². The van der Waals surface area contributed by atoms with Crippen molar-refractivity contribution in [1.82, 2.24) is 14.8 Å². The fraction of sp³-hybridized carbons (Fsp3) is 0.385. The zero-order chi connectivity index (χ0) is 24.5. The van der Waals surface area contributed by atoms with Crippen molar-refractivity contribution in [3.63, 3.8) is 0 Å². The molecule has 0 fully saturated rings. The maximum absolute atomic E-state index is 10.4. The van der Waals surface area contributed by atoms with Crippen LogP contribution in [0.2, 0.25) is 0 Å². The van der Waals surface area contributed by atoms with Crippen LogP contribution in [0.4, 0.5) is 0 Å². The van der Waals surface area contributed by atoms with Crippen molar-refractivity contribution < 1.29 is 19.3 Å². The number of aryl methyl sites for hydroxylation is 1. The van der Waals surface area contributed by atoms with Gasteiger partial charge in [0.15, 0.2) is 11.0 Å². The molecule has 1 unspecified atom stereocenters. The van der Waals surface area contributed by atoms with Crippen molar-refractivity contribution >= 4 is 11.8 Å². The van der Waals surface area contributed by atoms with E-state index < -0.39 is 6.10 Å². The number of thioether (sulfide) groups is 1. The van der Waals surface area contributed by atoms with Gasteiger partial charge in [-0.05, 0) is 60.4 Å². The van der Waals surface area contributed by atoms with E-state index >= 15 is 0 Å². The predicted octanol–water partition coefficient (Wildman–Crippen LogP) is 5.02. The van der Waals surface area contributed by atoms with Gasteiger partial charge in [0.25, 0.3) is 0 Å². The molecule has 0 amide bonds. The first-order valence-corrected chi connectivity index (χ1v) is 12.2. The van der Waals surface area contributed by atoms with Crippen molar-refractivity contribution in [3.05, 3.63) is 72.1 Å². The van der Waals surface area contributed by atoms with Gasteiger partial charge in [-0.2, -0.15) is 0 Å². The molecule has 7 nitrogen and oxygen atoms in total. The summed E-state index contributed by atoms with van der Waals surface area (Å²) in [6.07, 6.45) is 1.13. The zero-order valence-electron chi connectivity index (χ0n) is 20.2. The van der Waals surface area contributed by atoms with Gasteiger partial charge in [-0.3, -0.25) is 4.57 Å². The smallest absolute Gasteiger partial charge is 0.191 e. The monoisotopic (exact) mass is 483 g/mol. The van der Waals surface area contributed by atoms with Crippen LogP contribution in [0.25, 0.3) is 0 Å². The van der Waals surface area contributed by atoms with E-state index in [-0.39, 0.29) is 6.61 Å². The van der Waals surface area contributed by atoms with Crippen LogP contribution in [-0.2, 0) is 13.2 Å². The molecule has 0 aliphatic heterocycles. The van der Waals surface area contributed by atoms with E-state index in [4.69, 9.17) is 14.2 Å². The highest BCUT2D eigenvalue weighted by Crippen LogP contribution is 2.25. The molecule has 0 bridgehead atoms. The molecule has 8 heteroatoms. The molecule has 1 N–H and O–H groups in total. The molecule has 0 saturated carbocycles. The number of aromatic nitrogens is 3. The second-order valence-electron chi connectivity index (χ2n) is 8.21. The minimum Gasteiger partial charge on any atom is -0.497 e. The Labute approximate surface area is 205 Å². The summed E-state index contributed by atoms with van der Waals surface area (Å²) in [5, 5.41) is 19.7. The van der Waals surface area contributed by atoms with Crippen LogP contribution in [0, 0.1) is 6.92 Å². The minimum atomic E-state index is -0.664. The van der Waals surface area contributed by atoms with E-state index in [1.54, 1.807) is 13.2 Å². The molecular weight excluding hydrogens is 450 g/mol. The number of methoxy groups -OCH3 is 1. The van der Waals surface area contributed by atoms with Crippen molar-refractivity contribution in [2.24, 2.45) is 0 Å². The molecule has 182 valence electrons. The average molecular weight is 484 g/mol. The Balaban J connectivity index is 1.55. The molecule has 0 aliphatic carbocycles. The van der Waals surface area contributed by atoms with Crippen molar-refractivity contribution in [1.29, 1.82) is 0 Å². The number of aliphatic hydroxyl groups is 1. The fourth-order valence-electron chi connectivity index (χ4n) is 3.46. The predicted molar refractivity (Wildman–Crippen MR) is 135 cm³/mol. The second-order valence-corrected chi connectivity index (χ2v) is 9.20. The van der Waals surface area contributed by atoms with Gasteiger partial charge in [0.05, 0.1) is 13.2 Å². The lowest BCUT2D eigenvalue weighted by Crippen LogP contribution is -2.20. The summed E-state index contributed by atoms with van der Waals surface area (Å²) in [7, 11) is 1.62. The first-order valence-electron chi connectivity index (χ1n) is 11.2. The van der Waals surface area contributed by atoms with Gasteiger partial charge in [-0.15, -0.1) is 16.8 Å². The lowest BCUT2D eigenvalue weighted by molar-refractivity contribution is 0.126. The van der Waals surface area contributed by atoms with E-state index in [2.05, 4.69) is 49.7 Å². The SMILES string of the molecule is C=CCn1c(COc2ccc(C(C)C)c(C)c2)nnc1SCC(O)COc1ccc(OC)cc1. The van der Waals surface area contributed by atoms with E-state index in [1.165, 1.54) is 22.9 Å². The second kappa shape index (κ2) is 12.5. The van der Waals surface area contributed by atoms with Crippen molar-refractivity contribution in [3.8, 4) is 17.2 Å². The van der Waals surface area contributed by atoms with Crippen molar-refractivity contribution in [2.45, 2.75) is 51.1 Å². The molecule has 0 radical (unpaired) electrons. The zero-order valence-corrected chi connectivity index (χ0v) is 21.0. The molecular formula is C26H33N3O4S. The van der Waals surface area contributed by atoms with Crippen LogP contribution in [0.15, 0.2) is 60.3 Å². The van der Waals surface area contributed by atoms with Crippen LogP contribution in [-0.4, -0.2) is 45.4 Å². The number of allylic oxidation sites excluding steroid dienone is 1.